The molecule has 2 rings (SSSR count). The van der Waals surface area contributed by atoms with Crippen molar-refractivity contribution in [2.24, 2.45) is 10.8 Å². The molecule has 0 unspecified atom stereocenters. The topological polar surface area (TPSA) is 144 Å². The highest BCUT2D eigenvalue weighted by Gasteiger charge is 2.71. The maximum Gasteiger partial charge on any atom is 0.329 e. The van der Waals surface area contributed by atoms with Gasteiger partial charge in [-0.15, -0.1) is 0 Å². The van der Waals surface area contributed by atoms with Crippen LogP contribution in [0.2, 0.25) is 0 Å². The third-order valence-corrected chi connectivity index (χ3v) is 4.49. The SMILES string of the molecule is COC(=O)C1(C(=O)OC)C=C(C(=O)c2ccccc2)C=CC1(C(=O)O)C(=O)O. The molecule has 0 radical (unpaired) electrons. The Morgan fingerprint density at radius 2 is 1.32 bits per heavy atom. The zero-order valence-electron chi connectivity index (χ0n) is 14.9. The van der Waals surface area contributed by atoms with Crippen molar-refractivity contribution in [3.05, 3.63) is 59.7 Å². The quantitative estimate of drug-likeness (QED) is 0.411. The average molecular weight is 388 g/mol. The highest BCUT2D eigenvalue weighted by atomic mass is 16.5. The molecular weight excluding hydrogens is 372 g/mol. The lowest BCUT2D eigenvalue weighted by atomic mass is 9.59. The highest BCUT2D eigenvalue weighted by molar-refractivity contribution is 6.20. The van der Waals surface area contributed by atoms with Crippen molar-refractivity contribution < 1.29 is 43.7 Å². The lowest BCUT2D eigenvalue weighted by Crippen LogP contribution is -2.61. The van der Waals surface area contributed by atoms with Crippen molar-refractivity contribution in [3.8, 4) is 0 Å². The number of ketones is 1. The first-order chi connectivity index (χ1) is 13.2. The number of allylic oxidation sites excluding steroid dienone is 2. The van der Waals surface area contributed by atoms with E-state index < -0.39 is 40.5 Å². The highest BCUT2D eigenvalue weighted by Crippen LogP contribution is 2.49. The van der Waals surface area contributed by atoms with Crippen LogP contribution >= 0.6 is 0 Å². The minimum Gasteiger partial charge on any atom is -0.480 e. The lowest BCUT2D eigenvalue weighted by Gasteiger charge is -2.38. The fraction of sp³-hybridized carbons (Fsp3) is 0.211. The second-order valence-corrected chi connectivity index (χ2v) is 5.84. The Bertz CT molecular complexity index is 879. The summed E-state index contributed by atoms with van der Waals surface area (Å²) in [6, 6.07) is 7.74. The monoisotopic (exact) mass is 388 g/mol. The number of hydrogen-bond donors (Lipinski definition) is 2. The van der Waals surface area contributed by atoms with Gasteiger partial charge in [-0.25, -0.2) is 0 Å². The molecule has 2 N–H and O–H groups in total. The predicted molar refractivity (Wildman–Crippen MR) is 92.2 cm³/mol. The molecule has 0 fully saturated rings. The van der Waals surface area contributed by atoms with Crippen molar-refractivity contribution in [2.75, 3.05) is 14.2 Å². The summed E-state index contributed by atoms with van der Waals surface area (Å²) in [7, 11) is 1.71. The summed E-state index contributed by atoms with van der Waals surface area (Å²) in [5.41, 5.74) is -6.11. The van der Waals surface area contributed by atoms with Crippen molar-refractivity contribution in [1.29, 1.82) is 0 Å². The number of carboxylic acids is 2. The van der Waals surface area contributed by atoms with Gasteiger partial charge in [-0.1, -0.05) is 42.5 Å². The number of benzene rings is 1. The Kier molecular flexibility index (Phi) is 5.49. The summed E-state index contributed by atoms with van der Waals surface area (Å²) in [4.78, 5) is 61.8. The Balaban J connectivity index is 2.84. The van der Waals surface area contributed by atoms with Crippen LogP contribution in [0.3, 0.4) is 0 Å². The van der Waals surface area contributed by atoms with E-state index in [1.165, 1.54) is 12.1 Å². The molecule has 146 valence electrons. The van der Waals surface area contributed by atoms with Gasteiger partial charge in [0.1, 0.15) is 0 Å². The van der Waals surface area contributed by atoms with Crippen LogP contribution in [0.15, 0.2) is 54.1 Å². The summed E-state index contributed by atoms with van der Waals surface area (Å²) in [6.45, 7) is 0. The van der Waals surface area contributed by atoms with Crippen LogP contribution < -0.4 is 0 Å². The van der Waals surface area contributed by atoms with Gasteiger partial charge in [-0.2, -0.15) is 0 Å². The van der Waals surface area contributed by atoms with Gasteiger partial charge < -0.3 is 19.7 Å². The maximum atomic E-state index is 12.7. The molecule has 0 saturated heterocycles. The summed E-state index contributed by atoms with van der Waals surface area (Å²) in [5.74, 6) is -7.65. The lowest BCUT2D eigenvalue weighted by molar-refractivity contribution is -0.188. The van der Waals surface area contributed by atoms with Gasteiger partial charge in [-0.3, -0.25) is 24.0 Å². The van der Waals surface area contributed by atoms with E-state index >= 15 is 0 Å². The minimum absolute atomic E-state index is 0.181. The molecule has 0 aliphatic heterocycles. The number of esters is 2. The van der Waals surface area contributed by atoms with E-state index in [9.17, 15) is 34.2 Å². The number of carbonyl (C=O) groups is 5. The van der Waals surface area contributed by atoms with Gasteiger partial charge in [-0.05, 0) is 6.08 Å². The fourth-order valence-electron chi connectivity index (χ4n) is 3.06. The molecule has 0 saturated carbocycles. The van der Waals surface area contributed by atoms with Gasteiger partial charge in [0.15, 0.2) is 5.78 Å². The number of hydrogen-bond acceptors (Lipinski definition) is 7. The van der Waals surface area contributed by atoms with Gasteiger partial charge in [0.25, 0.3) is 0 Å². The van der Waals surface area contributed by atoms with Crippen LogP contribution in [0.5, 0.6) is 0 Å². The largest absolute Gasteiger partial charge is 0.480 e. The third kappa shape index (κ3) is 2.77. The van der Waals surface area contributed by atoms with Crippen LogP contribution in [0.1, 0.15) is 10.4 Å². The molecule has 1 aromatic carbocycles. The summed E-state index contributed by atoms with van der Waals surface area (Å²) in [5, 5.41) is 19.3. The molecular formula is C19H16O9. The first-order valence-electron chi connectivity index (χ1n) is 7.84. The minimum atomic E-state index is -3.08. The Labute approximate surface area is 158 Å². The molecule has 1 aromatic rings. The first kappa shape index (κ1) is 20.6. The second kappa shape index (κ2) is 7.47. The number of ether oxygens (including phenoxy) is 2. The molecule has 0 heterocycles. The van der Waals surface area contributed by atoms with Gasteiger partial charge in [0.05, 0.1) is 14.2 Å². The van der Waals surface area contributed by atoms with Gasteiger partial charge >= 0.3 is 23.9 Å². The molecule has 9 heteroatoms. The third-order valence-electron chi connectivity index (χ3n) is 4.49. The van der Waals surface area contributed by atoms with Gasteiger partial charge in [0, 0.05) is 11.1 Å². The van der Waals surface area contributed by atoms with Crippen molar-refractivity contribution in [3.63, 3.8) is 0 Å². The number of carboxylic acid groups (broad SMARTS) is 2. The molecule has 0 aromatic heterocycles. The Hall–Kier alpha value is -3.75. The zero-order chi connectivity index (χ0) is 21.1. The summed E-state index contributed by atoms with van der Waals surface area (Å²) < 4.78 is 9.10. The van der Waals surface area contributed by atoms with Crippen LogP contribution in [-0.2, 0) is 28.7 Å². The van der Waals surface area contributed by atoms with Crippen molar-refractivity contribution in [1.82, 2.24) is 0 Å². The molecule has 9 nitrogen and oxygen atoms in total. The number of carbonyl (C=O) groups excluding carboxylic acids is 3. The van der Waals surface area contributed by atoms with E-state index in [2.05, 4.69) is 9.47 Å². The molecule has 1 aliphatic rings. The Morgan fingerprint density at radius 1 is 0.821 bits per heavy atom. The first-order valence-corrected chi connectivity index (χ1v) is 7.84. The van der Waals surface area contributed by atoms with E-state index in [0.29, 0.717) is 12.2 Å². The molecule has 0 atom stereocenters. The normalized spacial score (nSPS) is 16.4. The molecule has 1 aliphatic carbocycles. The second-order valence-electron chi connectivity index (χ2n) is 5.84. The van der Waals surface area contributed by atoms with Crippen molar-refractivity contribution in [2.45, 2.75) is 0 Å². The maximum absolute atomic E-state index is 12.7. The molecule has 0 amide bonds. The van der Waals surface area contributed by atoms with Crippen LogP contribution in [-0.4, -0.2) is 54.1 Å². The van der Waals surface area contributed by atoms with E-state index in [4.69, 9.17) is 0 Å². The number of aliphatic carboxylic acids is 2. The standard InChI is InChI=1S/C19H16O9/c1-27-16(25)19(17(26)28-2)10-12(13(20)11-6-4-3-5-7-11)8-9-18(19,14(21)22)15(23)24/h3-10H,1-2H3,(H,21,22)(H,23,24). The van der Waals surface area contributed by atoms with Crippen LogP contribution in [0.25, 0.3) is 0 Å². The van der Waals surface area contributed by atoms with E-state index in [1.54, 1.807) is 18.2 Å². The molecule has 0 spiro atoms. The van der Waals surface area contributed by atoms with Crippen molar-refractivity contribution >= 4 is 29.7 Å². The number of methoxy groups -OCH3 is 2. The summed E-state index contributed by atoms with van der Waals surface area (Å²) in [6.07, 6.45) is 2.24. The Morgan fingerprint density at radius 3 is 1.75 bits per heavy atom. The zero-order valence-corrected chi connectivity index (χ0v) is 14.9. The van der Waals surface area contributed by atoms with E-state index in [1.807, 2.05) is 0 Å². The summed E-state index contributed by atoms with van der Waals surface area (Å²) >= 11 is 0. The number of Topliss-reactive ketones (excluding diaryl/α,β-unsaturated/α-hetero) is 1. The van der Waals surface area contributed by atoms with Crippen LogP contribution in [0, 0.1) is 10.8 Å². The molecule has 28 heavy (non-hydrogen) atoms. The van der Waals surface area contributed by atoms with Gasteiger partial charge in [0.2, 0.25) is 10.8 Å². The number of rotatable bonds is 6. The average Bonchev–Trinajstić information content (AvgIpc) is 2.71. The molecule has 0 bridgehead atoms. The smallest absolute Gasteiger partial charge is 0.329 e. The fourth-order valence-corrected chi connectivity index (χ4v) is 3.06. The van der Waals surface area contributed by atoms with E-state index in [-0.39, 0.29) is 11.1 Å². The van der Waals surface area contributed by atoms with E-state index in [0.717, 1.165) is 20.3 Å². The predicted octanol–water partition coefficient (Wildman–Crippen LogP) is 0.853. The van der Waals surface area contributed by atoms with Crippen LogP contribution in [0.4, 0.5) is 0 Å².